The highest BCUT2D eigenvalue weighted by atomic mass is 35.5. The van der Waals surface area contributed by atoms with E-state index in [9.17, 15) is 25.5 Å². The summed E-state index contributed by atoms with van der Waals surface area (Å²) < 4.78 is 1.49. The lowest BCUT2D eigenvalue weighted by Crippen LogP contribution is -2.47. The molecule has 2 aromatic heterocycles. The normalized spacial score (nSPS) is 17.6. The molecule has 3 aromatic carbocycles. The molecular formula is C47H55ClN10O4S. The van der Waals surface area contributed by atoms with Gasteiger partial charge in [0.1, 0.15) is 34.2 Å². The number of benzene rings is 3. The lowest BCUT2D eigenvalue weighted by atomic mass is 9.93. The van der Waals surface area contributed by atoms with E-state index in [-0.39, 0.29) is 53.3 Å². The van der Waals surface area contributed by atoms with Gasteiger partial charge in [0.25, 0.3) is 0 Å². The third-order valence-electron chi connectivity index (χ3n) is 12.8. The molecule has 0 aliphatic carbocycles. The Morgan fingerprint density at radius 2 is 1.57 bits per heavy atom. The van der Waals surface area contributed by atoms with Crippen LogP contribution in [0.3, 0.4) is 0 Å². The number of aryl methyl sites for hydroxylation is 1. The fourth-order valence-electron chi connectivity index (χ4n) is 8.98. The molecule has 0 unspecified atom stereocenters. The molecule has 5 heterocycles. The number of nitrogens with zero attached hydrogens (tertiary/aromatic N) is 8. The quantitative estimate of drug-likeness (QED) is 0.0680. The second-order valence-corrected chi connectivity index (χ2v) is 18.8. The maximum absolute atomic E-state index is 13.9. The van der Waals surface area contributed by atoms with Crippen LogP contribution in [0.5, 0.6) is 17.5 Å². The Labute approximate surface area is 377 Å². The van der Waals surface area contributed by atoms with Crippen molar-refractivity contribution in [3.05, 3.63) is 92.8 Å². The van der Waals surface area contributed by atoms with Crippen LogP contribution < -0.4 is 9.80 Å². The number of aliphatic imine (C=N–C) groups is 1. The number of anilines is 2. The molecule has 8 rings (SSSR count). The predicted molar refractivity (Wildman–Crippen MR) is 251 cm³/mol. The van der Waals surface area contributed by atoms with Gasteiger partial charge in [0.05, 0.1) is 23.4 Å². The predicted octanol–water partition coefficient (Wildman–Crippen LogP) is 8.35. The fraction of sp³-hybridized carbons (Fsp3) is 0.404. The molecule has 63 heavy (non-hydrogen) atoms. The molecule has 5 aromatic rings. The van der Waals surface area contributed by atoms with Crippen LogP contribution >= 0.6 is 22.9 Å². The van der Waals surface area contributed by atoms with E-state index in [4.69, 9.17) is 22.0 Å². The zero-order chi connectivity index (χ0) is 44.7. The number of amides is 1. The standard InChI is InChI=1S/C47H55ClN10O4S/c1-27(2)36-24-37(40(60)26-39(36)59)45-52-53-47(62)58(45)35-12-10-34(11-13-35)55-22-20-54(21-23-55)17-14-31-15-18-56(19-16-31)41(61)25-38-44(50)57(30(5)49)46-42(28(3)29(4)63-46)43(51-38)32-6-8-33(48)9-7-32/h6-13,24,26-27,31,38,49-50,59-60H,14-23,25H2,1-5H3,(H,53,62)/t38-/m0/s1. The first-order valence-electron chi connectivity index (χ1n) is 21.6. The number of fused-ring (bicyclic) bond motifs is 1. The average molecular weight is 892 g/mol. The fourth-order valence-corrected chi connectivity index (χ4v) is 10.3. The van der Waals surface area contributed by atoms with Crippen LogP contribution in [0.1, 0.15) is 79.5 Å². The number of likely N-dealkylation sites (tertiary alicyclic amines) is 1. The lowest BCUT2D eigenvalue weighted by molar-refractivity contribution is -0.132. The Bertz CT molecular complexity index is 2550. The zero-order valence-electron chi connectivity index (χ0n) is 36.4. The van der Waals surface area contributed by atoms with E-state index in [0.717, 1.165) is 90.0 Å². The first kappa shape index (κ1) is 43.9. The van der Waals surface area contributed by atoms with Crippen molar-refractivity contribution >= 4 is 56.9 Å². The summed E-state index contributed by atoms with van der Waals surface area (Å²) >= 11 is 7.81. The molecule has 3 aliphatic rings. The number of aromatic hydroxyl groups is 3. The van der Waals surface area contributed by atoms with Gasteiger partial charge in [0.15, 0.2) is 5.82 Å². The number of phenolic OH excluding ortho intramolecular Hbond substituents is 2. The first-order chi connectivity index (χ1) is 30.2. The molecule has 0 bridgehead atoms. The van der Waals surface area contributed by atoms with E-state index < -0.39 is 6.04 Å². The molecule has 16 heteroatoms. The maximum Gasteiger partial charge on any atom is 0.319 e. The van der Waals surface area contributed by atoms with Crippen LogP contribution in [0.25, 0.3) is 17.1 Å². The van der Waals surface area contributed by atoms with Gasteiger partial charge in [-0.05, 0) is 112 Å². The van der Waals surface area contributed by atoms with E-state index in [1.165, 1.54) is 10.6 Å². The Balaban J connectivity index is 0.844. The number of amidine groups is 2. The molecule has 2 saturated heterocycles. The van der Waals surface area contributed by atoms with Crippen LogP contribution in [-0.4, -0.2) is 115 Å². The summed E-state index contributed by atoms with van der Waals surface area (Å²) in [6.07, 6.45) is 3.03. The van der Waals surface area contributed by atoms with Crippen LogP contribution in [0, 0.1) is 30.6 Å². The number of carbonyl (C=O) groups is 1. The number of piperazine rings is 1. The number of hydrogen-bond donors (Lipinski definition) is 5. The first-order valence-corrected chi connectivity index (χ1v) is 22.8. The van der Waals surface area contributed by atoms with Gasteiger partial charge in [-0.15, -0.1) is 16.4 Å². The number of phenols is 2. The Hall–Kier alpha value is -5.77. The average Bonchev–Trinajstić information content (AvgIpc) is 3.75. The SMILES string of the molecule is CC(=N)N1C(=N)[C@H](CC(=O)N2CCC(CCN3CCN(c4ccc(-n5c(O)nnc5-c5cc(C(C)C)c(O)cc5O)cc4)CC3)CC2)N=C(c2ccc(Cl)cc2)c2c1sc(C)c2C. The molecule has 0 saturated carbocycles. The molecule has 3 aliphatic heterocycles. The Morgan fingerprint density at radius 1 is 0.905 bits per heavy atom. The van der Waals surface area contributed by atoms with Gasteiger partial charge in [0, 0.05) is 72.0 Å². The Morgan fingerprint density at radius 3 is 2.22 bits per heavy atom. The minimum Gasteiger partial charge on any atom is -0.508 e. The van der Waals surface area contributed by atoms with E-state index in [0.29, 0.717) is 40.8 Å². The van der Waals surface area contributed by atoms with Gasteiger partial charge in [-0.1, -0.05) is 42.7 Å². The van der Waals surface area contributed by atoms with E-state index in [1.54, 1.807) is 29.2 Å². The maximum atomic E-state index is 13.9. The smallest absolute Gasteiger partial charge is 0.319 e. The highest BCUT2D eigenvalue weighted by Gasteiger charge is 2.36. The highest BCUT2D eigenvalue weighted by Crippen LogP contribution is 2.41. The minimum absolute atomic E-state index is 0.00235. The number of hydrogen-bond acceptors (Lipinski definition) is 12. The second kappa shape index (κ2) is 18.1. The van der Waals surface area contributed by atoms with E-state index >= 15 is 0 Å². The molecular weight excluding hydrogens is 836 g/mol. The number of piperidine rings is 1. The number of rotatable bonds is 10. The van der Waals surface area contributed by atoms with Crippen molar-refractivity contribution in [1.82, 2.24) is 24.6 Å². The van der Waals surface area contributed by atoms with Crippen molar-refractivity contribution in [2.75, 3.05) is 55.6 Å². The molecule has 0 radical (unpaired) electrons. The summed E-state index contributed by atoms with van der Waals surface area (Å²) in [6.45, 7) is 15.7. The van der Waals surface area contributed by atoms with Gasteiger partial charge >= 0.3 is 6.01 Å². The minimum atomic E-state index is -0.738. The molecule has 5 N–H and O–H groups in total. The van der Waals surface area contributed by atoms with Crippen molar-refractivity contribution in [2.45, 2.75) is 72.3 Å². The number of thiophene rings is 1. The number of carbonyl (C=O) groups excluding carboxylic acids is 1. The monoisotopic (exact) mass is 890 g/mol. The van der Waals surface area contributed by atoms with Crippen LogP contribution in [-0.2, 0) is 4.79 Å². The van der Waals surface area contributed by atoms with Gasteiger partial charge in [-0.2, -0.15) is 0 Å². The highest BCUT2D eigenvalue weighted by molar-refractivity contribution is 7.17. The molecule has 1 amide bonds. The van der Waals surface area contributed by atoms with Crippen molar-refractivity contribution in [3.8, 4) is 34.6 Å². The summed E-state index contributed by atoms with van der Waals surface area (Å²) in [5.74, 6) is 1.02. The largest absolute Gasteiger partial charge is 0.508 e. The van der Waals surface area contributed by atoms with Crippen molar-refractivity contribution in [1.29, 1.82) is 10.8 Å². The summed E-state index contributed by atoms with van der Waals surface area (Å²) in [6, 6.07) is 17.3. The molecule has 1 atom stereocenters. The topological polar surface area (TPSA) is 181 Å². The summed E-state index contributed by atoms with van der Waals surface area (Å²) in [7, 11) is 0. The lowest BCUT2D eigenvalue weighted by Gasteiger charge is -2.38. The van der Waals surface area contributed by atoms with Crippen LogP contribution in [0.2, 0.25) is 5.02 Å². The number of halogens is 1. The van der Waals surface area contributed by atoms with Gasteiger partial charge in [-0.25, -0.2) is 4.57 Å². The van der Waals surface area contributed by atoms with Crippen molar-refractivity contribution in [3.63, 3.8) is 0 Å². The van der Waals surface area contributed by atoms with Crippen molar-refractivity contribution in [2.24, 2.45) is 10.9 Å². The van der Waals surface area contributed by atoms with Crippen molar-refractivity contribution < 1.29 is 20.1 Å². The summed E-state index contributed by atoms with van der Waals surface area (Å²) in [5, 5.41) is 59.1. The van der Waals surface area contributed by atoms with E-state index in [1.807, 2.05) is 74.2 Å². The number of aromatic nitrogens is 3. The number of nitrogens with one attached hydrogen (secondary N) is 2. The third-order valence-corrected chi connectivity index (χ3v) is 14.2. The van der Waals surface area contributed by atoms with Crippen LogP contribution in [0.4, 0.5) is 10.7 Å². The van der Waals surface area contributed by atoms with Gasteiger partial charge in [-0.3, -0.25) is 30.4 Å². The summed E-state index contributed by atoms with van der Waals surface area (Å²) in [5.41, 5.74) is 6.29. The summed E-state index contributed by atoms with van der Waals surface area (Å²) in [4.78, 5) is 28.6. The van der Waals surface area contributed by atoms with Crippen LogP contribution in [0.15, 0.2) is 65.7 Å². The van der Waals surface area contributed by atoms with Gasteiger partial charge < -0.3 is 25.1 Å². The molecule has 0 spiro atoms. The second-order valence-electron chi connectivity index (χ2n) is 17.2. The Kier molecular flexibility index (Phi) is 12.6. The van der Waals surface area contributed by atoms with Gasteiger partial charge in [0.2, 0.25) is 5.91 Å². The molecule has 330 valence electrons. The molecule has 2 fully saturated rings. The third kappa shape index (κ3) is 8.91. The van der Waals surface area contributed by atoms with E-state index in [2.05, 4.69) is 26.9 Å². The zero-order valence-corrected chi connectivity index (χ0v) is 38.0. The molecule has 14 nitrogen and oxygen atoms in total.